The molecule has 2 rings (SSSR count). The fourth-order valence-electron chi connectivity index (χ4n) is 2.17. The molecule has 1 unspecified atom stereocenters. The van der Waals surface area contributed by atoms with Gasteiger partial charge in [-0.2, -0.15) is 4.31 Å². The van der Waals surface area contributed by atoms with E-state index in [1.165, 1.54) is 4.31 Å². The van der Waals surface area contributed by atoms with E-state index in [2.05, 4.69) is 15.9 Å². The third-order valence-electron chi connectivity index (χ3n) is 3.29. The van der Waals surface area contributed by atoms with Crippen LogP contribution < -0.4 is 0 Å². The predicted octanol–water partition coefficient (Wildman–Crippen LogP) is 2.50. The molecule has 1 aliphatic heterocycles. The zero-order valence-corrected chi connectivity index (χ0v) is 13.3. The van der Waals surface area contributed by atoms with Gasteiger partial charge in [-0.3, -0.25) is 0 Å². The predicted molar refractivity (Wildman–Crippen MR) is 77.5 cm³/mol. The molecule has 0 aliphatic carbocycles. The molecule has 0 N–H and O–H groups in total. The normalized spacial score (nSPS) is 20.1. The van der Waals surface area contributed by atoms with Crippen LogP contribution in [0, 0.1) is 5.92 Å². The largest absolute Gasteiger partial charge is 0.381 e. The Balaban J connectivity index is 2.17. The Kier molecular flexibility index (Phi) is 5.00. The van der Waals surface area contributed by atoms with Crippen molar-refractivity contribution < 1.29 is 13.2 Å². The molecule has 0 radical (unpaired) electrons. The summed E-state index contributed by atoms with van der Waals surface area (Å²) in [4.78, 5) is 0.344. The van der Waals surface area contributed by atoms with Gasteiger partial charge < -0.3 is 4.74 Å². The first-order chi connectivity index (χ1) is 9.04. The van der Waals surface area contributed by atoms with Crippen molar-refractivity contribution in [3.63, 3.8) is 0 Å². The van der Waals surface area contributed by atoms with Crippen molar-refractivity contribution in [1.29, 1.82) is 0 Å². The van der Waals surface area contributed by atoms with Gasteiger partial charge in [0.25, 0.3) is 0 Å². The molecule has 0 spiro atoms. The Bertz CT molecular complexity index is 509. The van der Waals surface area contributed by atoms with Gasteiger partial charge >= 0.3 is 0 Å². The van der Waals surface area contributed by atoms with Crippen LogP contribution in [0.3, 0.4) is 0 Å². The zero-order chi connectivity index (χ0) is 13.9. The zero-order valence-electron chi connectivity index (χ0n) is 10.9. The summed E-state index contributed by atoms with van der Waals surface area (Å²) in [7, 11) is -3.40. The van der Waals surface area contributed by atoms with Crippen molar-refractivity contribution >= 4 is 26.0 Å². The second kappa shape index (κ2) is 6.35. The molecule has 1 heterocycles. The third-order valence-corrected chi connectivity index (χ3v) is 5.77. The molecule has 0 saturated carbocycles. The minimum absolute atomic E-state index is 0.310. The molecule has 0 amide bonds. The number of hydrogen-bond donors (Lipinski definition) is 0. The van der Waals surface area contributed by atoms with Crippen molar-refractivity contribution in [2.45, 2.75) is 18.2 Å². The van der Waals surface area contributed by atoms with Crippen LogP contribution in [-0.4, -0.2) is 39.0 Å². The molecule has 1 fully saturated rings. The molecular formula is C13H18BrNO3S. The Labute approximate surface area is 122 Å². The maximum absolute atomic E-state index is 12.5. The van der Waals surface area contributed by atoms with E-state index < -0.39 is 10.0 Å². The van der Waals surface area contributed by atoms with Crippen LogP contribution in [0.5, 0.6) is 0 Å². The average molecular weight is 348 g/mol. The van der Waals surface area contributed by atoms with Crippen LogP contribution in [0.2, 0.25) is 0 Å². The first-order valence-corrected chi connectivity index (χ1v) is 8.61. The molecule has 4 nitrogen and oxygen atoms in total. The van der Waals surface area contributed by atoms with Crippen LogP contribution in [0.4, 0.5) is 0 Å². The molecule has 1 atom stereocenters. The summed E-state index contributed by atoms with van der Waals surface area (Å²) >= 11 is 3.31. The summed E-state index contributed by atoms with van der Waals surface area (Å²) in [6, 6.07) is 6.76. The lowest BCUT2D eigenvalue weighted by molar-refractivity contribution is 0.181. The highest BCUT2D eigenvalue weighted by Crippen LogP contribution is 2.22. The van der Waals surface area contributed by atoms with Gasteiger partial charge in [-0.05, 0) is 36.6 Å². The van der Waals surface area contributed by atoms with E-state index in [4.69, 9.17) is 4.74 Å². The van der Waals surface area contributed by atoms with Gasteiger partial charge in [0.2, 0.25) is 10.0 Å². The highest BCUT2D eigenvalue weighted by molar-refractivity contribution is 9.10. The summed E-state index contributed by atoms with van der Waals surface area (Å²) in [5.41, 5.74) is 0. The topological polar surface area (TPSA) is 46.6 Å². The molecule has 0 aromatic heterocycles. The van der Waals surface area contributed by atoms with Crippen molar-refractivity contribution in [1.82, 2.24) is 4.31 Å². The molecule has 1 aromatic rings. The number of halogens is 1. The molecule has 6 heteroatoms. The summed E-state index contributed by atoms with van der Waals surface area (Å²) in [6.07, 6.45) is 0.937. The van der Waals surface area contributed by atoms with Crippen molar-refractivity contribution in [2.75, 3.05) is 26.3 Å². The number of rotatable bonds is 5. The standard InChI is InChI=1S/C13H18BrNO3S/c1-2-15(9-11-7-8-18-10-11)19(16,17)13-5-3-12(14)4-6-13/h3-6,11H,2,7-10H2,1H3. The summed E-state index contributed by atoms with van der Waals surface area (Å²) in [6.45, 7) is 4.28. The lowest BCUT2D eigenvalue weighted by Crippen LogP contribution is -2.35. The molecule has 19 heavy (non-hydrogen) atoms. The van der Waals surface area contributed by atoms with Crippen LogP contribution in [0.25, 0.3) is 0 Å². The van der Waals surface area contributed by atoms with Gasteiger partial charge in [0.05, 0.1) is 11.5 Å². The second-order valence-electron chi connectivity index (χ2n) is 4.64. The summed E-state index contributed by atoms with van der Waals surface area (Å²) in [5, 5.41) is 0. The molecule has 106 valence electrons. The number of nitrogens with zero attached hydrogens (tertiary/aromatic N) is 1. The SMILES string of the molecule is CCN(CC1CCOC1)S(=O)(=O)c1ccc(Br)cc1. The fourth-order valence-corrected chi connectivity index (χ4v) is 3.96. The van der Waals surface area contributed by atoms with E-state index in [9.17, 15) is 8.42 Å². The quantitative estimate of drug-likeness (QED) is 0.821. The van der Waals surface area contributed by atoms with Gasteiger partial charge in [0.15, 0.2) is 0 Å². The van der Waals surface area contributed by atoms with Gasteiger partial charge in [-0.25, -0.2) is 8.42 Å². The van der Waals surface area contributed by atoms with Crippen molar-refractivity contribution in [3.8, 4) is 0 Å². The van der Waals surface area contributed by atoms with Crippen LogP contribution in [0.15, 0.2) is 33.6 Å². The van der Waals surface area contributed by atoms with E-state index in [-0.39, 0.29) is 0 Å². The van der Waals surface area contributed by atoms with Crippen LogP contribution >= 0.6 is 15.9 Å². The van der Waals surface area contributed by atoms with E-state index in [0.717, 1.165) is 17.5 Å². The van der Waals surface area contributed by atoms with E-state index in [0.29, 0.717) is 30.5 Å². The lowest BCUT2D eigenvalue weighted by Gasteiger charge is -2.23. The monoisotopic (exact) mass is 347 g/mol. The van der Waals surface area contributed by atoms with Crippen LogP contribution in [0.1, 0.15) is 13.3 Å². The highest BCUT2D eigenvalue weighted by atomic mass is 79.9. The first kappa shape index (κ1) is 15.0. The molecule has 1 aromatic carbocycles. The highest BCUT2D eigenvalue weighted by Gasteiger charge is 2.27. The molecule has 1 aliphatic rings. The third kappa shape index (κ3) is 3.56. The lowest BCUT2D eigenvalue weighted by atomic mass is 10.1. The molecule has 1 saturated heterocycles. The van der Waals surface area contributed by atoms with Gasteiger partial charge in [0.1, 0.15) is 0 Å². The van der Waals surface area contributed by atoms with E-state index >= 15 is 0 Å². The van der Waals surface area contributed by atoms with Crippen molar-refractivity contribution in [2.24, 2.45) is 5.92 Å². The minimum Gasteiger partial charge on any atom is -0.381 e. The number of hydrogen-bond acceptors (Lipinski definition) is 3. The number of sulfonamides is 1. The van der Waals surface area contributed by atoms with Crippen molar-refractivity contribution in [3.05, 3.63) is 28.7 Å². The van der Waals surface area contributed by atoms with E-state index in [1.807, 2.05) is 6.92 Å². The number of ether oxygens (including phenoxy) is 1. The Morgan fingerprint density at radius 3 is 2.58 bits per heavy atom. The van der Waals surface area contributed by atoms with Crippen LogP contribution in [-0.2, 0) is 14.8 Å². The van der Waals surface area contributed by atoms with Gasteiger partial charge in [0, 0.05) is 24.2 Å². The molecular weight excluding hydrogens is 330 g/mol. The minimum atomic E-state index is -3.40. The Morgan fingerprint density at radius 1 is 1.37 bits per heavy atom. The first-order valence-electron chi connectivity index (χ1n) is 6.37. The van der Waals surface area contributed by atoms with Gasteiger partial charge in [-0.15, -0.1) is 0 Å². The van der Waals surface area contributed by atoms with E-state index in [1.54, 1.807) is 24.3 Å². The fraction of sp³-hybridized carbons (Fsp3) is 0.538. The maximum atomic E-state index is 12.5. The number of benzene rings is 1. The molecule has 0 bridgehead atoms. The Hall–Kier alpha value is -0.430. The second-order valence-corrected chi connectivity index (χ2v) is 7.49. The average Bonchev–Trinajstić information content (AvgIpc) is 2.89. The summed E-state index contributed by atoms with van der Waals surface area (Å²) in [5.74, 6) is 0.310. The maximum Gasteiger partial charge on any atom is 0.243 e. The Morgan fingerprint density at radius 2 is 2.05 bits per heavy atom. The smallest absolute Gasteiger partial charge is 0.243 e. The van der Waals surface area contributed by atoms with Gasteiger partial charge in [-0.1, -0.05) is 22.9 Å². The summed E-state index contributed by atoms with van der Waals surface area (Å²) < 4.78 is 32.8.